The number of methoxy groups -OCH3 is 1. The van der Waals surface area contributed by atoms with Crippen LogP contribution in [0.2, 0.25) is 0 Å². The average molecular weight is 416 g/mol. The van der Waals surface area contributed by atoms with E-state index in [-0.39, 0.29) is 23.9 Å². The zero-order chi connectivity index (χ0) is 21.5. The van der Waals surface area contributed by atoms with E-state index in [4.69, 9.17) is 18.6 Å². The molecule has 5 rings (SSSR count). The summed E-state index contributed by atoms with van der Waals surface area (Å²) in [5.41, 5.74) is 2.10. The van der Waals surface area contributed by atoms with Crippen LogP contribution in [-0.4, -0.2) is 24.8 Å². The first-order valence-corrected chi connectivity index (χ1v) is 9.58. The summed E-state index contributed by atoms with van der Waals surface area (Å²) in [6.45, 7) is 0. The second kappa shape index (κ2) is 7.28. The normalized spacial score (nSPS) is 18.2. The van der Waals surface area contributed by atoms with Crippen LogP contribution in [0.15, 0.2) is 65.0 Å². The molecule has 3 aromatic rings. The van der Waals surface area contributed by atoms with Crippen molar-refractivity contribution in [1.82, 2.24) is 0 Å². The lowest BCUT2D eigenvalue weighted by molar-refractivity contribution is -0.135. The first kappa shape index (κ1) is 18.9. The monoisotopic (exact) mass is 416 g/mol. The Morgan fingerprint density at radius 2 is 1.87 bits per heavy atom. The van der Waals surface area contributed by atoms with Gasteiger partial charge in [0.05, 0.1) is 36.8 Å². The summed E-state index contributed by atoms with van der Waals surface area (Å²) in [5.74, 6) is -0.0357. The Bertz CT molecular complexity index is 1230. The molecule has 1 aromatic heterocycles. The maximum Gasteiger partial charge on any atom is 0.337 e. The first-order chi connectivity index (χ1) is 15.0. The van der Waals surface area contributed by atoms with E-state index in [1.54, 1.807) is 54.6 Å². The minimum absolute atomic E-state index is 0.0859. The third-order valence-electron chi connectivity index (χ3n) is 5.30. The molecule has 0 radical (unpaired) electrons. The highest BCUT2D eigenvalue weighted by Crippen LogP contribution is 2.49. The summed E-state index contributed by atoms with van der Waals surface area (Å²) < 4.78 is 21.6. The van der Waals surface area contributed by atoms with E-state index in [2.05, 4.69) is 0 Å². The van der Waals surface area contributed by atoms with Crippen molar-refractivity contribution in [3.05, 3.63) is 88.6 Å². The van der Waals surface area contributed by atoms with Crippen LogP contribution in [0.4, 0.5) is 0 Å². The van der Waals surface area contributed by atoms with E-state index in [9.17, 15) is 14.4 Å². The fourth-order valence-electron chi connectivity index (χ4n) is 3.82. The van der Waals surface area contributed by atoms with Crippen molar-refractivity contribution in [3.8, 4) is 11.5 Å². The molecule has 154 valence electrons. The number of hydrogen-bond acceptors (Lipinski definition) is 7. The number of allylic oxidation sites excluding steroid dienone is 1. The summed E-state index contributed by atoms with van der Waals surface area (Å²) >= 11 is 0. The summed E-state index contributed by atoms with van der Waals surface area (Å²) in [5, 5.41) is 0. The zero-order valence-corrected chi connectivity index (χ0v) is 16.4. The lowest BCUT2D eigenvalue weighted by atomic mass is 9.88. The molecule has 0 amide bonds. The van der Waals surface area contributed by atoms with Gasteiger partial charge in [-0.3, -0.25) is 9.59 Å². The van der Waals surface area contributed by atoms with Crippen molar-refractivity contribution in [1.29, 1.82) is 0 Å². The Morgan fingerprint density at radius 3 is 2.58 bits per heavy atom. The maximum atomic E-state index is 13.0. The molecule has 2 aliphatic rings. The number of fused-ring (bicyclic) bond motifs is 3. The highest BCUT2D eigenvalue weighted by atomic mass is 16.5. The molecule has 0 bridgehead atoms. The van der Waals surface area contributed by atoms with Crippen molar-refractivity contribution in [2.75, 3.05) is 7.11 Å². The van der Waals surface area contributed by atoms with Gasteiger partial charge < -0.3 is 18.6 Å². The van der Waals surface area contributed by atoms with Gasteiger partial charge in [0.25, 0.3) is 0 Å². The molecule has 7 nitrogen and oxygen atoms in total. The van der Waals surface area contributed by atoms with Gasteiger partial charge in [-0.2, -0.15) is 0 Å². The molecule has 2 aliphatic heterocycles. The lowest BCUT2D eigenvalue weighted by Crippen LogP contribution is -2.21. The van der Waals surface area contributed by atoms with Crippen LogP contribution in [0.1, 0.15) is 49.9 Å². The third-order valence-corrected chi connectivity index (χ3v) is 5.30. The number of esters is 2. The highest BCUT2D eigenvalue weighted by Gasteiger charge is 2.39. The van der Waals surface area contributed by atoms with E-state index in [0.717, 1.165) is 0 Å². The number of benzene rings is 2. The van der Waals surface area contributed by atoms with Gasteiger partial charge >= 0.3 is 11.9 Å². The molecule has 0 fully saturated rings. The quantitative estimate of drug-likeness (QED) is 0.360. The molecule has 2 aromatic carbocycles. The van der Waals surface area contributed by atoms with Crippen molar-refractivity contribution < 1.29 is 33.0 Å². The minimum atomic E-state index is -0.440. The van der Waals surface area contributed by atoms with Crippen LogP contribution in [-0.2, 0) is 9.53 Å². The number of hydrogen-bond donors (Lipinski definition) is 0. The number of Topliss-reactive ketones (excluding diaryl/α,β-unsaturated/α-hetero) is 1. The molecule has 7 heteroatoms. The Kier molecular flexibility index (Phi) is 4.43. The van der Waals surface area contributed by atoms with Crippen LogP contribution in [0.3, 0.4) is 0 Å². The number of carbonyl (C=O) groups is 3. The number of ketones is 1. The molecular weight excluding hydrogens is 400 g/mol. The second-order valence-corrected chi connectivity index (χ2v) is 7.15. The zero-order valence-electron chi connectivity index (χ0n) is 16.4. The summed E-state index contributed by atoms with van der Waals surface area (Å²) in [7, 11) is 1.31. The number of rotatable bonds is 3. The van der Waals surface area contributed by atoms with Gasteiger partial charge in [-0.05, 0) is 48.0 Å². The van der Waals surface area contributed by atoms with Crippen LogP contribution >= 0.6 is 0 Å². The Labute approximate surface area is 176 Å². The molecule has 31 heavy (non-hydrogen) atoms. The van der Waals surface area contributed by atoms with Crippen LogP contribution in [0.25, 0.3) is 6.08 Å². The second-order valence-electron chi connectivity index (χ2n) is 7.15. The summed E-state index contributed by atoms with van der Waals surface area (Å²) in [6.07, 6.45) is 3.22. The molecule has 3 heterocycles. The minimum Gasteiger partial charge on any atom is -0.469 e. The van der Waals surface area contributed by atoms with Gasteiger partial charge in [0.2, 0.25) is 5.78 Å². The predicted octanol–water partition coefficient (Wildman–Crippen LogP) is 4.12. The molecule has 1 unspecified atom stereocenters. The number of furan rings is 1. The Morgan fingerprint density at radius 1 is 1.06 bits per heavy atom. The first-order valence-electron chi connectivity index (χ1n) is 9.58. The van der Waals surface area contributed by atoms with Crippen LogP contribution in [0, 0.1) is 0 Å². The fourth-order valence-corrected chi connectivity index (χ4v) is 3.82. The molecule has 0 N–H and O–H groups in total. The molecule has 0 spiro atoms. The van der Waals surface area contributed by atoms with Crippen molar-refractivity contribution >= 4 is 23.8 Å². The lowest BCUT2D eigenvalue weighted by Gasteiger charge is -2.24. The van der Waals surface area contributed by atoms with E-state index < -0.39 is 11.9 Å². The van der Waals surface area contributed by atoms with Gasteiger partial charge in [0.1, 0.15) is 17.3 Å². The standard InChI is InChI=1S/C24H16O7/c1-28-24(27)14-6-4-13(5-7-14)11-19-22(26)15-8-9-18-21(23(15)31-19)16(12-20(25)30-18)17-3-2-10-29-17/h2-11,16H,12H2,1H3/b19-11-. The maximum absolute atomic E-state index is 13.0. The van der Waals surface area contributed by atoms with Gasteiger partial charge in [-0.1, -0.05) is 12.1 Å². The largest absolute Gasteiger partial charge is 0.469 e. The third kappa shape index (κ3) is 3.20. The Hall–Kier alpha value is -4.13. The van der Waals surface area contributed by atoms with Crippen LogP contribution in [0.5, 0.6) is 11.5 Å². The van der Waals surface area contributed by atoms with E-state index in [0.29, 0.717) is 39.5 Å². The highest BCUT2D eigenvalue weighted by molar-refractivity contribution is 6.15. The van der Waals surface area contributed by atoms with Crippen molar-refractivity contribution in [3.63, 3.8) is 0 Å². The topological polar surface area (TPSA) is 92.0 Å². The van der Waals surface area contributed by atoms with Gasteiger partial charge in [0.15, 0.2) is 5.76 Å². The predicted molar refractivity (Wildman–Crippen MR) is 108 cm³/mol. The van der Waals surface area contributed by atoms with Gasteiger partial charge in [-0.25, -0.2) is 4.79 Å². The molecule has 1 atom stereocenters. The van der Waals surface area contributed by atoms with E-state index in [1.165, 1.54) is 13.4 Å². The van der Waals surface area contributed by atoms with Gasteiger partial charge in [0, 0.05) is 5.56 Å². The van der Waals surface area contributed by atoms with Crippen molar-refractivity contribution in [2.45, 2.75) is 12.3 Å². The smallest absolute Gasteiger partial charge is 0.337 e. The fraction of sp³-hybridized carbons (Fsp3) is 0.125. The molecule has 0 saturated heterocycles. The molecule has 0 saturated carbocycles. The molecular formula is C24H16O7. The van der Waals surface area contributed by atoms with Crippen LogP contribution < -0.4 is 9.47 Å². The van der Waals surface area contributed by atoms with E-state index in [1.807, 2.05) is 0 Å². The number of ether oxygens (including phenoxy) is 3. The molecule has 0 aliphatic carbocycles. The average Bonchev–Trinajstić information content (AvgIpc) is 3.42. The van der Waals surface area contributed by atoms with E-state index >= 15 is 0 Å². The summed E-state index contributed by atoms with van der Waals surface area (Å²) in [4.78, 5) is 36.6. The SMILES string of the molecule is COC(=O)c1ccc(/C=C2\Oc3c(ccc4c3C(c3ccco3)CC(=O)O4)C2=O)cc1. The van der Waals surface area contributed by atoms with Crippen molar-refractivity contribution in [2.24, 2.45) is 0 Å². The Balaban J connectivity index is 1.53. The number of carbonyl (C=O) groups excluding carboxylic acids is 3. The van der Waals surface area contributed by atoms with Gasteiger partial charge in [-0.15, -0.1) is 0 Å². The summed E-state index contributed by atoms with van der Waals surface area (Å²) in [6, 6.07) is 13.3.